The number of rotatable bonds is 7. The lowest BCUT2D eigenvalue weighted by Gasteiger charge is -2.14. The number of esters is 1. The van der Waals surface area contributed by atoms with Gasteiger partial charge in [-0.05, 0) is 37.1 Å². The van der Waals surface area contributed by atoms with Gasteiger partial charge in [-0.25, -0.2) is 22.7 Å². The van der Waals surface area contributed by atoms with E-state index in [2.05, 4.69) is 4.72 Å². The van der Waals surface area contributed by atoms with Crippen LogP contribution in [0.25, 0.3) is 0 Å². The first-order valence-electron chi connectivity index (χ1n) is 8.55. The zero-order valence-corrected chi connectivity index (χ0v) is 16.7. The van der Waals surface area contributed by atoms with Gasteiger partial charge in [0.15, 0.2) is 6.10 Å². The highest BCUT2D eigenvalue weighted by Gasteiger charge is 2.23. The Bertz CT molecular complexity index is 1020. The standard InChI is InChI=1S/C19H21N3O6S/c1-12-8-9-15(18(24)28-13(2)17(23)22-19(20)25)10-16(12)29(26,27)21-11-14-6-4-3-5-7-14/h3-10,13,21H,11H2,1-2H3,(H3,20,22,23,25)/t13-/m1/s1. The monoisotopic (exact) mass is 419 g/mol. The highest BCUT2D eigenvalue weighted by molar-refractivity contribution is 7.89. The average Bonchev–Trinajstić information content (AvgIpc) is 2.66. The van der Waals surface area contributed by atoms with Crippen LogP contribution >= 0.6 is 0 Å². The molecule has 0 radical (unpaired) electrons. The minimum atomic E-state index is -3.90. The maximum Gasteiger partial charge on any atom is 0.338 e. The van der Waals surface area contributed by atoms with Gasteiger partial charge in [-0.1, -0.05) is 36.4 Å². The Morgan fingerprint density at radius 3 is 2.38 bits per heavy atom. The first-order chi connectivity index (χ1) is 13.6. The van der Waals surface area contributed by atoms with Gasteiger partial charge < -0.3 is 10.5 Å². The minimum Gasteiger partial charge on any atom is -0.449 e. The Labute approximate surface area is 168 Å². The van der Waals surface area contributed by atoms with E-state index in [1.54, 1.807) is 36.5 Å². The lowest BCUT2D eigenvalue weighted by Crippen LogP contribution is -2.42. The second-order valence-corrected chi connectivity index (χ2v) is 7.93. The van der Waals surface area contributed by atoms with Crippen molar-refractivity contribution in [1.29, 1.82) is 0 Å². The van der Waals surface area contributed by atoms with Gasteiger partial charge in [0, 0.05) is 6.54 Å². The highest BCUT2D eigenvalue weighted by Crippen LogP contribution is 2.18. The van der Waals surface area contributed by atoms with Crippen molar-refractivity contribution >= 4 is 27.9 Å². The Hall–Kier alpha value is -3.24. The molecule has 1 atom stereocenters. The van der Waals surface area contributed by atoms with Crippen molar-refractivity contribution in [3.8, 4) is 0 Å². The molecule has 2 aromatic carbocycles. The van der Waals surface area contributed by atoms with Crippen molar-refractivity contribution < 1.29 is 27.5 Å². The van der Waals surface area contributed by atoms with Gasteiger partial charge >= 0.3 is 12.0 Å². The van der Waals surface area contributed by atoms with Crippen molar-refractivity contribution in [2.75, 3.05) is 0 Å². The van der Waals surface area contributed by atoms with Crippen LogP contribution in [0.1, 0.15) is 28.4 Å². The molecule has 0 aromatic heterocycles. The number of hydrogen-bond acceptors (Lipinski definition) is 6. The molecule has 0 aliphatic carbocycles. The lowest BCUT2D eigenvalue weighted by atomic mass is 10.1. The molecular weight excluding hydrogens is 398 g/mol. The quantitative estimate of drug-likeness (QED) is 0.575. The fraction of sp³-hybridized carbons (Fsp3) is 0.211. The largest absolute Gasteiger partial charge is 0.449 e. The number of urea groups is 1. The third kappa shape index (κ3) is 6.13. The Balaban J connectivity index is 2.16. The third-order valence-electron chi connectivity index (χ3n) is 3.92. The van der Waals surface area contributed by atoms with Gasteiger partial charge in [0.1, 0.15) is 0 Å². The summed E-state index contributed by atoms with van der Waals surface area (Å²) in [6.45, 7) is 2.93. The zero-order chi connectivity index (χ0) is 21.6. The van der Waals surface area contributed by atoms with E-state index in [4.69, 9.17) is 10.5 Å². The second-order valence-electron chi connectivity index (χ2n) is 6.19. The van der Waals surface area contributed by atoms with E-state index in [0.29, 0.717) is 5.56 Å². The Morgan fingerprint density at radius 2 is 1.76 bits per heavy atom. The summed E-state index contributed by atoms with van der Waals surface area (Å²) >= 11 is 0. The molecule has 2 aromatic rings. The molecule has 154 valence electrons. The van der Waals surface area contributed by atoms with Crippen LogP contribution in [0.3, 0.4) is 0 Å². The van der Waals surface area contributed by atoms with E-state index < -0.39 is 34.0 Å². The predicted molar refractivity (Wildman–Crippen MR) is 104 cm³/mol. The summed E-state index contributed by atoms with van der Waals surface area (Å²) in [5.41, 5.74) is 5.99. The summed E-state index contributed by atoms with van der Waals surface area (Å²) in [4.78, 5) is 34.5. The molecule has 0 aliphatic rings. The maximum atomic E-state index is 12.7. The molecule has 0 fully saturated rings. The number of carbonyl (C=O) groups excluding carboxylic acids is 3. The first kappa shape index (κ1) is 22.1. The van der Waals surface area contributed by atoms with E-state index in [1.165, 1.54) is 25.1 Å². The fourth-order valence-electron chi connectivity index (χ4n) is 2.37. The summed E-state index contributed by atoms with van der Waals surface area (Å²) in [7, 11) is -3.90. The molecule has 0 saturated heterocycles. The van der Waals surface area contributed by atoms with Crippen LogP contribution in [0.15, 0.2) is 53.4 Å². The molecule has 0 heterocycles. The second kappa shape index (κ2) is 9.30. The Morgan fingerprint density at radius 1 is 1.10 bits per heavy atom. The number of benzene rings is 2. The van der Waals surface area contributed by atoms with E-state index in [-0.39, 0.29) is 17.0 Å². The molecule has 0 saturated carbocycles. The topological polar surface area (TPSA) is 145 Å². The van der Waals surface area contributed by atoms with Gasteiger partial charge in [-0.3, -0.25) is 10.1 Å². The lowest BCUT2D eigenvalue weighted by molar-refractivity contribution is -0.127. The molecule has 0 spiro atoms. The number of imide groups is 1. The Kier molecular flexibility index (Phi) is 7.08. The number of aryl methyl sites for hydroxylation is 1. The summed E-state index contributed by atoms with van der Waals surface area (Å²) in [5.74, 6) is -1.81. The van der Waals surface area contributed by atoms with Crippen LogP contribution < -0.4 is 15.8 Å². The summed E-state index contributed by atoms with van der Waals surface area (Å²) in [6.07, 6.45) is -1.30. The third-order valence-corrected chi connectivity index (χ3v) is 5.47. The number of primary amides is 1. The average molecular weight is 419 g/mol. The summed E-state index contributed by atoms with van der Waals surface area (Å²) < 4.78 is 32.8. The minimum absolute atomic E-state index is 0.0607. The summed E-state index contributed by atoms with van der Waals surface area (Å²) in [6, 6.07) is 11.9. The normalized spacial score (nSPS) is 12.1. The van der Waals surface area contributed by atoms with E-state index in [1.807, 2.05) is 6.07 Å². The highest BCUT2D eigenvalue weighted by atomic mass is 32.2. The smallest absolute Gasteiger partial charge is 0.338 e. The van der Waals surface area contributed by atoms with Gasteiger partial charge in [0.2, 0.25) is 10.0 Å². The van der Waals surface area contributed by atoms with Gasteiger partial charge in [0.25, 0.3) is 5.91 Å². The number of nitrogens with one attached hydrogen (secondary N) is 2. The molecule has 0 aliphatic heterocycles. The van der Waals surface area contributed by atoms with Gasteiger partial charge in [-0.2, -0.15) is 0 Å². The predicted octanol–water partition coefficient (Wildman–Crippen LogP) is 1.21. The van der Waals surface area contributed by atoms with Gasteiger partial charge in [-0.15, -0.1) is 0 Å². The number of amides is 3. The van der Waals surface area contributed by atoms with Crippen molar-refractivity contribution in [2.24, 2.45) is 5.73 Å². The molecule has 3 amide bonds. The van der Waals surface area contributed by atoms with Crippen molar-refractivity contribution in [2.45, 2.75) is 31.4 Å². The number of carbonyl (C=O) groups is 3. The number of nitrogens with two attached hydrogens (primary N) is 1. The number of ether oxygens (including phenoxy) is 1. The molecule has 0 bridgehead atoms. The van der Waals surface area contributed by atoms with E-state index in [0.717, 1.165) is 5.56 Å². The summed E-state index contributed by atoms with van der Waals surface area (Å²) in [5, 5.41) is 1.79. The molecular formula is C19H21N3O6S. The van der Waals surface area contributed by atoms with Crippen molar-refractivity contribution in [3.05, 3.63) is 65.2 Å². The van der Waals surface area contributed by atoms with E-state index >= 15 is 0 Å². The van der Waals surface area contributed by atoms with Crippen LogP contribution in [-0.4, -0.2) is 32.4 Å². The SMILES string of the molecule is Cc1ccc(C(=O)O[C@H](C)C(=O)NC(N)=O)cc1S(=O)(=O)NCc1ccccc1. The van der Waals surface area contributed by atoms with Crippen molar-refractivity contribution in [3.63, 3.8) is 0 Å². The fourth-order valence-corrected chi connectivity index (χ4v) is 3.66. The molecule has 29 heavy (non-hydrogen) atoms. The van der Waals surface area contributed by atoms with Crippen LogP contribution in [0, 0.1) is 6.92 Å². The van der Waals surface area contributed by atoms with Crippen LogP contribution in [-0.2, 0) is 26.1 Å². The molecule has 0 unspecified atom stereocenters. The first-order valence-corrected chi connectivity index (χ1v) is 10.0. The van der Waals surface area contributed by atoms with E-state index in [9.17, 15) is 22.8 Å². The maximum absolute atomic E-state index is 12.7. The number of hydrogen-bond donors (Lipinski definition) is 3. The molecule has 10 heteroatoms. The van der Waals surface area contributed by atoms with Crippen LogP contribution in [0.2, 0.25) is 0 Å². The molecule has 9 nitrogen and oxygen atoms in total. The van der Waals surface area contributed by atoms with Crippen LogP contribution in [0.4, 0.5) is 4.79 Å². The molecule has 2 rings (SSSR count). The van der Waals surface area contributed by atoms with Crippen molar-refractivity contribution in [1.82, 2.24) is 10.0 Å². The van der Waals surface area contributed by atoms with Crippen LogP contribution in [0.5, 0.6) is 0 Å². The molecule has 4 N–H and O–H groups in total. The van der Waals surface area contributed by atoms with Gasteiger partial charge in [0.05, 0.1) is 10.5 Å². The number of sulfonamides is 1. The zero-order valence-electron chi connectivity index (χ0n) is 15.8.